The summed E-state index contributed by atoms with van der Waals surface area (Å²) in [6.45, 7) is 4.31. The van der Waals surface area contributed by atoms with Gasteiger partial charge in [-0.1, -0.05) is 12.1 Å². The van der Waals surface area contributed by atoms with Crippen molar-refractivity contribution in [2.24, 2.45) is 0 Å². The predicted octanol–water partition coefficient (Wildman–Crippen LogP) is 0.986. The average molecular weight is 277 g/mol. The molecule has 0 heterocycles. The maximum Gasteiger partial charge on any atom is 0.250 e. The lowest BCUT2D eigenvalue weighted by Gasteiger charge is -2.08. The Balaban J connectivity index is 2.52. The summed E-state index contributed by atoms with van der Waals surface area (Å²) in [5.41, 5.74) is 1.22. The highest BCUT2D eigenvalue weighted by molar-refractivity contribution is 5.95. The predicted molar refractivity (Wildman–Crippen MR) is 78.6 cm³/mol. The summed E-state index contributed by atoms with van der Waals surface area (Å²) in [6.07, 6.45) is 1.68. The zero-order chi connectivity index (χ0) is 14.8. The minimum atomic E-state index is -0.247. The van der Waals surface area contributed by atoms with Gasteiger partial charge in [0.2, 0.25) is 11.8 Å². The van der Waals surface area contributed by atoms with Gasteiger partial charge in [0.15, 0.2) is 0 Å². The Morgan fingerprint density at radius 1 is 1.25 bits per heavy atom. The Kier molecular flexibility index (Phi) is 7.02. The van der Waals surface area contributed by atoms with E-state index in [0.717, 1.165) is 0 Å². The molecule has 0 bridgehead atoms. The van der Waals surface area contributed by atoms with Gasteiger partial charge in [-0.05, 0) is 18.2 Å². The van der Waals surface area contributed by atoms with Crippen molar-refractivity contribution in [2.75, 3.05) is 37.4 Å². The molecule has 3 N–H and O–H groups in total. The lowest BCUT2D eigenvalue weighted by Crippen LogP contribution is -2.28. The fraction of sp³-hybridized carbons (Fsp3) is 0.286. The van der Waals surface area contributed by atoms with E-state index in [1.54, 1.807) is 30.3 Å². The Morgan fingerprint density at radius 2 is 1.90 bits per heavy atom. The van der Waals surface area contributed by atoms with E-state index in [-0.39, 0.29) is 25.0 Å². The van der Waals surface area contributed by atoms with Gasteiger partial charge >= 0.3 is 0 Å². The average Bonchev–Trinajstić information content (AvgIpc) is 2.39. The number of benzene rings is 1. The lowest BCUT2D eigenvalue weighted by molar-refractivity contribution is -0.119. The fourth-order valence-corrected chi connectivity index (χ4v) is 1.50. The van der Waals surface area contributed by atoms with Crippen LogP contribution in [0.4, 0.5) is 11.4 Å². The first-order valence-electron chi connectivity index (χ1n) is 6.16. The largest absolute Gasteiger partial charge is 0.375 e. The molecular weight excluding hydrogens is 258 g/mol. The van der Waals surface area contributed by atoms with Crippen LogP contribution in [-0.4, -0.2) is 38.6 Å². The maximum atomic E-state index is 11.6. The van der Waals surface area contributed by atoms with Crippen molar-refractivity contribution in [3.63, 3.8) is 0 Å². The van der Waals surface area contributed by atoms with Crippen molar-refractivity contribution in [1.29, 1.82) is 0 Å². The molecule has 2 amide bonds. The Bertz CT molecular complexity index is 474. The molecule has 0 aliphatic carbocycles. The van der Waals surface area contributed by atoms with Crippen LogP contribution >= 0.6 is 0 Å². The standard InChI is InChI=1S/C14H19N3O3/c1-3-7-15-9-13(18)16-11-5-4-6-12(8-11)17-14(19)10-20-2/h3-6,8,15H,1,7,9-10H2,2H3,(H,16,18)(H,17,19). The topological polar surface area (TPSA) is 79.5 Å². The molecule has 1 rings (SSSR count). The second-order valence-electron chi connectivity index (χ2n) is 4.03. The minimum absolute atomic E-state index is 0.0118. The molecule has 0 aliphatic rings. The van der Waals surface area contributed by atoms with Crippen LogP contribution in [0.1, 0.15) is 0 Å². The van der Waals surface area contributed by atoms with Crippen molar-refractivity contribution < 1.29 is 14.3 Å². The first-order valence-corrected chi connectivity index (χ1v) is 6.16. The van der Waals surface area contributed by atoms with Crippen LogP contribution in [0.15, 0.2) is 36.9 Å². The number of carbonyl (C=O) groups is 2. The van der Waals surface area contributed by atoms with Gasteiger partial charge in [0.25, 0.3) is 0 Å². The number of ether oxygens (including phenoxy) is 1. The molecule has 6 nitrogen and oxygen atoms in total. The van der Waals surface area contributed by atoms with E-state index in [1.165, 1.54) is 7.11 Å². The molecule has 1 aromatic carbocycles. The van der Waals surface area contributed by atoms with Crippen LogP contribution in [-0.2, 0) is 14.3 Å². The number of rotatable bonds is 8. The molecule has 20 heavy (non-hydrogen) atoms. The van der Waals surface area contributed by atoms with Gasteiger partial charge in [-0.15, -0.1) is 6.58 Å². The number of hydrogen-bond donors (Lipinski definition) is 3. The smallest absolute Gasteiger partial charge is 0.250 e. The number of carbonyl (C=O) groups excluding carboxylic acids is 2. The van der Waals surface area contributed by atoms with E-state index in [0.29, 0.717) is 17.9 Å². The van der Waals surface area contributed by atoms with Crippen LogP contribution in [0.5, 0.6) is 0 Å². The molecule has 0 atom stereocenters. The Labute approximate surface area is 118 Å². The maximum absolute atomic E-state index is 11.6. The molecular formula is C14H19N3O3. The molecule has 108 valence electrons. The van der Waals surface area contributed by atoms with E-state index in [4.69, 9.17) is 4.74 Å². The van der Waals surface area contributed by atoms with Crippen molar-refractivity contribution in [1.82, 2.24) is 5.32 Å². The van der Waals surface area contributed by atoms with Crippen LogP contribution in [0.2, 0.25) is 0 Å². The third-order valence-electron chi connectivity index (χ3n) is 2.28. The van der Waals surface area contributed by atoms with Gasteiger partial charge in [-0.3, -0.25) is 9.59 Å². The third-order valence-corrected chi connectivity index (χ3v) is 2.28. The van der Waals surface area contributed by atoms with Crippen molar-refractivity contribution in [2.45, 2.75) is 0 Å². The van der Waals surface area contributed by atoms with Gasteiger partial charge in [-0.2, -0.15) is 0 Å². The van der Waals surface area contributed by atoms with Crippen molar-refractivity contribution in [3.05, 3.63) is 36.9 Å². The summed E-state index contributed by atoms with van der Waals surface area (Å²) < 4.78 is 4.73. The summed E-state index contributed by atoms with van der Waals surface area (Å²) in [4.78, 5) is 23.0. The van der Waals surface area contributed by atoms with E-state index < -0.39 is 0 Å². The second-order valence-corrected chi connectivity index (χ2v) is 4.03. The molecule has 0 saturated heterocycles. The number of nitrogens with one attached hydrogen (secondary N) is 3. The number of hydrogen-bond acceptors (Lipinski definition) is 4. The van der Waals surface area contributed by atoms with Crippen LogP contribution < -0.4 is 16.0 Å². The monoisotopic (exact) mass is 277 g/mol. The van der Waals surface area contributed by atoms with E-state index in [2.05, 4.69) is 22.5 Å². The number of anilines is 2. The zero-order valence-electron chi connectivity index (χ0n) is 11.4. The van der Waals surface area contributed by atoms with Gasteiger partial charge < -0.3 is 20.7 Å². The second kappa shape index (κ2) is 8.84. The van der Waals surface area contributed by atoms with E-state index in [1.807, 2.05) is 0 Å². The summed E-state index contributed by atoms with van der Waals surface area (Å²) in [7, 11) is 1.45. The quantitative estimate of drug-likeness (QED) is 0.489. The van der Waals surface area contributed by atoms with Gasteiger partial charge in [0, 0.05) is 25.0 Å². The van der Waals surface area contributed by atoms with Crippen molar-refractivity contribution in [3.8, 4) is 0 Å². The Morgan fingerprint density at radius 3 is 2.50 bits per heavy atom. The van der Waals surface area contributed by atoms with Gasteiger partial charge in [0.1, 0.15) is 6.61 Å². The molecule has 0 unspecified atom stereocenters. The molecule has 0 aromatic heterocycles. The molecule has 0 spiro atoms. The van der Waals surface area contributed by atoms with Crippen molar-refractivity contribution >= 4 is 23.2 Å². The normalized spacial score (nSPS) is 9.85. The van der Waals surface area contributed by atoms with E-state index in [9.17, 15) is 9.59 Å². The fourth-order valence-electron chi connectivity index (χ4n) is 1.50. The highest BCUT2D eigenvalue weighted by atomic mass is 16.5. The van der Waals surface area contributed by atoms with Gasteiger partial charge in [0.05, 0.1) is 6.54 Å². The van der Waals surface area contributed by atoms with Crippen LogP contribution in [0.25, 0.3) is 0 Å². The molecule has 0 saturated carbocycles. The molecule has 0 aliphatic heterocycles. The number of amides is 2. The van der Waals surface area contributed by atoms with Gasteiger partial charge in [-0.25, -0.2) is 0 Å². The SMILES string of the molecule is C=CCNCC(=O)Nc1cccc(NC(=O)COC)c1. The minimum Gasteiger partial charge on any atom is -0.375 e. The third kappa shape index (κ3) is 6.12. The molecule has 1 aromatic rings. The number of methoxy groups -OCH3 is 1. The van der Waals surface area contributed by atoms with Crippen LogP contribution in [0, 0.1) is 0 Å². The summed E-state index contributed by atoms with van der Waals surface area (Å²) >= 11 is 0. The first-order chi connectivity index (χ1) is 9.65. The van der Waals surface area contributed by atoms with E-state index >= 15 is 0 Å². The zero-order valence-corrected chi connectivity index (χ0v) is 11.4. The summed E-state index contributed by atoms with van der Waals surface area (Å²) in [5, 5.41) is 8.30. The first kappa shape index (κ1) is 15.9. The molecule has 0 fully saturated rings. The highest BCUT2D eigenvalue weighted by Gasteiger charge is 2.04. The molecule has 0 radical (unpaired) electrons. The summed E-state index contributed by atoms with van der Waals surface area (Å²) in [6, 6.07) is 6.91. The Hall–Kier alpha value is -2.18. The lowest BCUT2D eigenvalue weighted by atomic mass is 10.2. The van der Waals surface area contributed by atoms with Crippen LogP contribution in [0.3, 0.4) is 0 Å². The highest BCUT2D eigenvalue weighted by Crippen LogP contribution is 2.14. The summed E-state index contributed by atoms with van der Waals surface area (Å²) in [5.74, 6) is -0.407. The molecule has 6 heteroatoms.